The molecule has 2 rings (SSSR count). The van der Waals surface area contributed by atoms with Crippen molar-refractivity contribution >= 4 is 0 Å². The summed E-state index contributed by atoms with van der Waals surface area (Å²) in [6.45, 7) is 3.68. The minimum atomic E-state index is 0.924. The van der Waals surface area contributed by atoms with Gasteiger partial charge in [-0.3, -0.25) is 0 Å². The highest BCUT2D eigenvalue weighted by molar-refractivity contribution is 4.82. The summed E-state index contributed by atoms with van der Waals surface area (Å²) in [7, 11) is 2.25. The molecule has 0 radical (unpaired) electrons. The van der Waals surface area contributed by atoms with E-state index in [0.29, 0.717) is 0 Å². The molecule has 70 valence electrons. The van der Waals surface area contributed by atoms with Crippen LogP contribution in [0.25, 0.3) is 0 Å². The molecule has 0 unspecified atom stereocenters. The SMILES string of the molecule is CN(CCNCC1CC1)C1CC1. The Balaban J connectivity index is 1.44. The number of nitrogens with zero attached hydrogens (tertiary/aromatic N) is 1. The Morgan fingerprint density at radius 3 is 2.58 bits per heavy atom. The van der Waals surface area contributed by atoms with Gasteiger partial charge in [-0.15, -0.1) is 0 Å². The van der Waals surface area contributed by atoms with Gasteiger partial charge in [0.25, 0.3) is 0 Å². The van der Waals surface area contributed by atoms with Crippen LogP contribution in [0.15, 0.2) is 0 Å². The Morgan fingerprint density at radius 1 is 1.25 bits per heavy atom. The summed E-state index contributed by atoms with van der Waals surface area (Å²) in [5.41, 5.74) is 0. The Morgan fingerprint density at radius 2 is 2.00 bits per heavy atom. The third-order valence-electron chi connectivity index (χ3n) is 2.94. The monoisotopic (exact) mass is 168 g/mol. The molecule has 0 spiro atoms. The van der Waals surface area contributed by atoms with E-state index >= 15 is 0 Å². The molecule has 2 aliphatic rings. The van der Waals surface area contributed by atoms with Crippen LogP contribution >= 0.6 is 0 Å². The number of hydrogen-bond acceptors (Lipinski definition) is 2. The maximum Gasteiger partial charge on any atom is 0.0107 e. The first-order chi connectivity index (χ1) is 5.86. The molecular formula is C10H20N2. The average Bonchev–Trinajstić information content (AvgIpc) is 2.85. The van der Waals surface area contributed by atoms with Crippen LogP contribution < -0.4 is 5.32 Å². The second-order valence-electron chi connectivity index (χ2n) is 4.36. The lowest BCUT2D eigenvalue weighted by Crippen LogP contribution is -2.31. The number of rotatable bonds is 6. The quantitative estimate of drug-likeness (QED) is 0.597. The van der Waals surface area contributed by atoms with Crippen molar-refractivity contribution in [1.82, 2.24) is 10.2 Å². The maximum atomic E-state index is 3.52. The minimum absolute atomic E-state index is 0.924. The molecule has 0 aliphatic heterocycles. The van der Waals surface area contributed by atoms with Gasteiger partial charge in [0.05, 0.1) is 0 Å². The van der Waals surface area contributed by atoms with Crippen molar-refractivity contribution in [1.29, 1.82) is 0 Å². The molecule has 2 aliphatic carbocycles. The lowest BCUT2D eigenvalue weighted by molar-refractivity contribution is 0.321. The van der Waals surface area contributed by atoms with E-state index in [-0.39, 0.29) is 0 Å². The van der Waals surface area contributed by atoms with E-state index in [4.69, 9.17) is 0 Å². The van der Waals surface area contributed by atoms with E-state index in [1.165, 1.54) is 45.3 Å². The van der Waals surface area contributed by atoms with E-state index in [1.807, 2.05) is 0 Å². The van der Waals surface area contributed by atoms with Gasteiger partial charge in [-0.1, -0.05) is 0 Å². The topological polar surface area (TPSA) is 15.3 Å². The van der Waals surface area contributed by atoms with Crippen molar-refractivity contribution in [3.8, 4) is 0 Å². The van der Waals surface area contributed by atoms with E-state index in [1.54, 1.807) is 0 Å². The van der Waals surface area contributed by atoms with Gasteiger partial charge < -0.3 is 10.2 Å². The highest BCUT2D eigenvalue weighted by atomic mass is 15.2. The van der Waals surface area contributed by atoms with Gasteiger partial charge in [-0.25, -0.2) is 0 Å². The molecule has 0 heterocycles. The van der Waals surface area contributed by atoms with Gasteiger partial charge in [-0.05, 0) is 45.2 Å². The van der Waals surface area contributed by atoms with Crippen molar-refractivity contribution in [2.75, 3.05) is 26.7 Å². The predicted molar refractivity (Wildman–Crippen MR) is 51.2 cm³/mol. The summed E-state index contributed by atoms with van der Waals surface area (Å²) in [5, 5.41) is 3.52. The van der Waals surface area contributed by atoms with Crippen LogP contribution in [-0.4, -0.2) is 37.6 Å². The van der Waals surface area contributed by atoms with Gasteiger partial charge in [0.1, 0.15) is 0 Å². The highest BCUT2D eigenvalue weighted by Gasteiger charge is 2.25. The summed E-state index contributed by atoms with van der Waals surface area (Å²) in [4.78, 5) is 2.49. The molecule has 1 N–H and O–H groups in total. The van der Waals surface area contributed by atoms with Crippen LogP contribution in [0, 0.1) is 5.92 Å². The molecular weight excluding hydrogens is 148 g/mol. The maximum absolute atomic E-state index is 3.52. The minimum Gasteiger partial charge on any atom is -0.315 e. The summed E-state index contributed by atoms with van der Waals surface area (Å²) in [6.07, 6.45) is 5.79. The lowest BCUT2D eigenvalue weighted by Gasteiger charge is -2.15. The average molecular weight is 168 g/mol. The van der Waals surface area contributed by atoms with Crippen molar-refractivity contribution in [3.63, 3.8) is 0 Å². The second-order valence-corrected chi connectivity index (χ2v) is 4.36. The predicted octanol–water partition coefficient (Wildman–Crippen LogP) is 1.08. The van der Waals surface area contributed by atoms with Gasteiger partial charge >= 0.3 is 0 Å². The number of nitrogens with one attached hydrogen (secondary N) is 1. The van der Waals surface area contributed by atoms with Crippen LogP contribution in [0.5, 0.6) is 0 Å². The summed E-state index contributed by atoms with van der Waals surface area (Å²) >= 11 is 0. The molecule has 2 heteroatoms. The van der Waals surface area contributed by atoms with Crippen LogP contribution in [-0.2, 0) is 0 Å². The molecule has 0 aromatic heterocycles. The molecule has 0 saturated heterocycles. The third kappa shape index (κ3) is 2.76. The summed E-state index contributed by atoms with van der Waals surface area (Å²) < 4.78 is 0. The first-order valence-electron chi connectivity index (χ1n) is 5.27. The van der Waals surface area contributed by atoms with Crippen molar-refractivity contribution in [2.24, 2.45) is 5.92 Å². The van der Waals surface area contributed by atoms with Crippen molar-refractivity contribution in [3.05, 3.63) is 0 Å². The lowest BCUT2D eigenvalue weighted by atomic mass is 10.4. The van der Waals surface area contributed by atoms with E-state index in [9.17, 15) is 0 Å². The molecule has 0 amide bonds. The zero-order chi connectivity index (χ0) is 8.39. The van der Waals surface area contributed by atoms with E-state index in [0.717, 1.165) is 12.0 Å². The van der Waals surface area contributed by atoms with Crippen LogP contribution in [0.4, 0.5) is 0 Å². The Bertz CT molecular complexity index is 139. The standard InChI is InChI=1S/C10H20N2/c1-12(10-4-5-10)7-6-11-8-9-2-3-9/h9-11H,2-8H2,1H3. The molecule has 0 aromatic rings. The molecule has 0 bridgehead atoms. The van der Waals surface area contributed by atoms with Gasteiger partial charge in [-0.2, -0.15) is 0 Å². The number of hydrogen-bond donors (Lipinski definition) is 1. The van der Waals surface area contributed by atoms with Gasteiger partial charge in [0.2, 0.25) is 0 Å². The first-order valence-corrected chi connectivity index (χ1v) is 5.27. The zero-order valence-electron chi connectivity index (χ0n) is 8.05. The van der Waals surface area contributed by atoms with Crippen LogP contribution in [0.1, 0.15) is 25.7 Å². The molecule has 0 aromatic carbocycles. The molecule has 0 atom stereocenters. The van der Waals surface area contributed by atoms with Gasteiger partial charge in [0.15, 0.2) is 0 Å². The Hall–Kier alpha value is -0.0800. The highest BCUT2D eigenvalue weighted by Crippen LogP contribution is 2.27. The molecule has 2 saturated carbocycles. The Kier molecular flexibility index (Phi) is 2.66. The summed E-state index contributed by atoms with van der Waals surface area (Å²) in [6, 6.07) is 0.924. The van der Waals surface area contributed by atoms with E-state index in [2.05, 4.69) is 17.3 Å². The summed E-state index contributed by atoms with van der Waals surface area (Å²) in [5.74, 6) is 1.02. The van der Waals surface area contributed by atoms with Crippen LogP contribution in [0.3, 0.4) is 0 Å². The smallest absolute Gasteiger partial charge is 0.0107 e. The molecule has 2 nitrogen and oxygen atoms in total. The second kappa shape index (κ2) is 3.75. The fourth-order valence-corrected chi connectivity index (χ4v) is 1.58. The Labute approximate surface area is 75.3 Å². The number of likely N-dealkylation sites (N-methyl/N-ethyl adjacent to an activating group) is 1. The normalized spacial score (nSPS) is 23.5. The third-order valence-corrected chi connectivity index (χ3v) is 2.94. The molecule has 2 fully saturated rings. The molecule has 12 heavy (non-hydrogen) atoms. The van der Waals surface area contributed by atoms with Crippen LogP contribution in [0.2, 0.25) is 0 Å². The van der Waals surface area contributed by atoms with Gasteiger partial charge in [0, 0.05) is 19.1 Å². The van der Waals surface area contributed by atoms with Crippen molar-refractivity contribution < 1.29 is 0 Å². The first kappa shape index (κ1) is 8.52. The fraction of sp³-hybridized carbons (Fsp3) is 1.00. The largest absolute Gasteiger partial charge is 0.315 e. The zero-order valence-corrected chi connectivity index (χ0v) is 8.05. The van der Waals surface area contributed by atoms with E-state index < -0.39 is 0 Å². The van der Waals surface area contributed by atoms with Crippen molar-refractivity contribution in [2.45, 2.75) is 31.7 Å². The fourth-order valence-electron chi connectivity index (χ4n) is 1.58.